The Morgan fingerprint density at radius 1 is 1.21 bits per heavy atom. The van der Waals surface area contributed by atoms with Crippen LogP contribution in [0.4, 0.5) is 5.82 Å². The number of aromatic nitrogens is 2. The quantitative estimate of drug-likeness (QED) is 0.508. The van der Waals surface area contributed by atoms with Gasteiger partial charge >= 0.3 is 0 Å². The van der Waals surface area contributed by atoms with Crippen molar-refractivity contribution in [3.05, 3.63) is 41.7 Å². The van der Waals surface area contributed by atoms with Crippen LogP contribution < -0.4 is 11.3 Å². The SMILES string of the molecule is Cc1ccccc1Sc1cc(NN)nc(C(C)C)n1. The Morgan fingerprint density at radius 3 is 2.58 bits per heavy atom. The number of nitrogens with two attached hydrogens (primary N) is 1. The summed E-state index contributed by atoms with van der Waals surface area (Å²) in [6.07, 6.45) is 0. The van der Waals surface area contributed by atoms with Crippen molar-refractivity contribution >= 4 is 17.6 Å². The summed E-state index contributed by atoms with van der Waals surface area (Å²) in [5, 5.41) is 0.904. The summed E-state index contributed by atoms with van der Waals surface area (Å²) < 4.78 is 0. The highest BCUT2D eigenvalue weighted by atomic mass is 32.2. The number of hydrogen-bond acceptors (Lipinski definition) is 5. The maximum Gasteiger partial charge on any atom is 0.144 e. The topological polar surface area (TPSA) is 63.8 Å². The molecule has 0 saturated heterocycles. The van der Waals surface area contributed by atoms with Crippen LogP contribution in [0.15, 0.2) is 40.3 Å². The molecule has 0 aliphatic rings. The molecule has 0 radical (unpaired) electrons. The Morgan fingerprint density at radius 2 is 1.95 bits per heavy atom. The first kappa shape index (κ1) is 13.8. The predicted molar refractivity (Wildman–Crippen MR) is 79.2 cm³/mol. The van der Waals surface area contributed by atoms with E-state index in [0.717, 1.165) is 10.9 Å². The molecule has 1 aromatic carbocycles. The van der Waals surface area contributed by atoms with Crippen molar-refractivity contribution in [3.63, 3.8) is 0 Å². The Hall–Kier alpha value is -1.59. The molecule has 5 heteroatoms. The van der Waals surface area contributed by atoms with Gasteiger partial charge in [0.2, 0.25) is 0 Å². The van der Waals surface area contributed by atoms with Crippen molar-refractivity contribution in [2.75, 3.05) is 5.43 Å². The van der Waals surface area contributed by atoms with E-state index in [1.54, 1.807) is 11.8 Å². The molecule has 1 aromatic heterocycles. The van der Waals surface area contributed by atoms with Crippen LogP contribution in [-0.2, 0) is 0 Å². The normalized spacial score (nSPS) is 10.8. The zero-order valence-electron chi connectivity index (χ0n) is 11.3. The summed E-state index contributed by atoms with van der Waals surface area (Å²) in [6.45, 7) is 6.23. The molecule has 1 heterocycles. The van der Waals surface area contributed by atoms with Gasteiger partial charge in [0.15, 0.2) is 0 Å². The third-order valence-electron chi connectivity index (χ3n) is 2.69. The van der Waals surface area contributed by atoms with Crippen LogP contribution >= 0.6 is 11.8 Å². The van der Waals surface area contributed by atoms with Gasteiger partial charge in [0.1, 0.15) is 16.7 Å². The zero-order valence-corrected chi connectivity index (χ0v) is 12.2. The van der Waals surface area contributed by atoms with Gasteiger partial charge in [-0.25, -0.2) is 15.8 Å². The lowest BCUT2D eigenvalue weighted by Crippen LogP contribution is -2.11. The van der Waals surface area contributed by atoms with Gasteiger partial charge in [0.25, 0.3) is 0 Å². The summed E-state index contributed by atoms with van der Waals surface area (Å²) in [5.41, 5.74) is 3.83. The molecule has 100 valence electrons. The standard InChI is InChI=1S/C14H18N4S/c1-9(2)14-16-12(18-15)8-13(17-14)19-11-7-5-4-6-10(11)3/h4-9H,15H2,1-3H3,(H,16,17,18). The summed E-state index contributed by atoms with van der Waals surface area (Å²) in [4.78, 5) is 10.1. The molecular weight excluding hydrogens is 256 g/mol. The van der Waals surface area contributed by atoms with Crippen molar-refractivity contribution in [1.82, 2.24) is 9.97 Å². The average Bonchev–Trinajstić information content (AvgIpc) is 2.41. The van der Waals surface area contributed by atoms with Gasteiger partial charge in [-0.15, -0.1) is 0 Å². The van der Waals surface area contributed by atoms with Gasteiger partial charge in [-0.2, -0.15) is 0 Å². The first-order chi connectivity index (χ1) is 9.10. The van der Waals surface area contributed by atoms with E-state index in [0.29, 0.717) is 5.82 Å². The Balaban J connectivity index is 2.34. The number of hydrogen-bond donors (Lipinski definition) is 2. The molecule has 19 heavy (non-hydrogen) atoms. The molecule has 0 saturated carbocycles. The number of anilines is 1. The molecule has 0 spiro atoms. The minimum absolute atomic E-state index is 0.268. The van der Waals surface area contributed by atoms with Gasteiger partial charge in [0.05, 0.1) is 0 Å². The minimum atomic E-state index is 0.268. The molecule has 4 nitrogen and oxygen atoms in total. The van der Waals surface area contributed by atoms with Gasteiger partial charge in [-0.1, -0.05) is 43.8 Å². The van der Waals surface area contributed by atoms with Crippen LogP contribution in [0.25, 0.3) is 0 Å². The summed E-state index contributed by atoms with van der Waals surface area (Å²) >= 11 is 1.63. The van der Waals surface area contributed by atoms with Crippen LogP contribution in [0.5, 0.6) is 0 Å². The smallest absolute Gasteiger partial charge is 0.144 e. The van der Waals surface area contributed by atoms with E-state index in [1.807, 2.05) is 18.2 Å². The van der Waals surface area contributed by atoms with Crippen LogP contribution in [-0.4, -0.2) is 9.97 Å². The summed E-state index contributed by atoms with van der Waals surface area (Å²) in [7, 11) is 0. The number of benzene rings is 1. The first-order valence-electron chi connectivity index (χ1n) is 6.19. The lowest BCUT2D eigenvalue weighted by molar-refractivity contribution is 0.754. The molecule has 0 fully saturated rings. The first-order valence-corrected chi connectivity index (χ1v) is 7.01. The zero-order chi connectivity index (χ0) is 13.8. The van der Waals surface area contributed by atoms with Crippen molar-refractivity contribution in [2.24, 2.45) is 5.84 Å². The lowest BCUT2D eigenvalue weighted by Gasteiger charge is -2.10. The number of nitrogens with zero attached hydrogens (tertiary/aromatic N) is 2. The second-order valence-corrected chi connectivity index (χ2v) is 5.68. The Bertz CT molecular complexity index is 569. The monoisotopic (exact) mass is 274 g/mol. The highest BCUT2D eigenvalue weighted by molar-refractivity contribution is 7.99. The molecule has 2 aromatic rings. The summed E-state index contributed by atoms with van der Waals surface area (Å²) in [6, 6.07) is 10.1. The van der Waals surface area contributed by atoms with E-state index < -0.39 is 0 Å². The van der Waals surface area contributed by atoms with Crippen molar-refractivity contribution in [1.29, 1.82) is 0 Å². The molecule has 0 unspecified atom stereocenters. The number of rotatable bonds is 4. The fourth-order valence-electron chi connectivity index (χ4n) is 1.61. The second-order valence-electron chi connectivity index (χ2n) is 4.62. The fourth-order valence-corrected chi connectivity index (χ4v) is 2.52. The van der Waals surface area contributed by atoms with E-state index >= 15 is 0 Å². The number of aryl methyl sites for hydroxylation is 1. The van der Waals surface area contributed by atoms with Crippen molar-refractivity contribution in [2.45, 2.75) is 36.6 Å². The highest BCUT2D eigenvalue weighted by Gasteiger charge is 2.09. The fraction of sp³-hybridized carbons (Fsp3) is 0.286. The number of nitrogens with one attached hydrogen (secondary N) is 1. The van der Waals surface area contributed by atoms with Crippen LogP contribution in [0.1, 0.15) is 31.2 Å². The third-order valence-corrected chi connectivity index (χ3v) is 3.79. The molecule has 0 bridgehead atoms. The summed E-state index contributed by atoms with van der Waals surface area (Å²) in [5.74, 6) is 7.18. The van der Waals surface area contributed by atoms with Gasteiger partial charge in [-0.3, -0.25) is 0 Å². The van der Waals surface area contributed by atoms with E-state index in [9.17, 15) is 0 Å². The maximum atomic E-state index is 5.46. The van der Waals surface area contributed by atoms with E-state index in [2.05, 4.69) is 48.3 Å². The number of nitrogen functional groups attached to an aromatic ring is 1. The molecule has 0 aliphatic carbocycles. The predicted octanol–water partition coefficient (Wildman–Crippen LogP) is 3.35. The minimum Gasteiger partial charge on any atom is -0.308 e. The van der Waals surface area contributed by atoms with Crippen LogP contribution in [0.2, 0.25) is 0 Å². The molecular formula is C14H18N4S. The maximum absolute atomic E-state index is 5.46. The van der Waals surface area contributed by atoms with Crippen LogP contribution in [0, 0.1) is 6.92 Å². The Labute approximate surface area is 117 Å². The largest absolute Gasteiger partial charge is 0.308 e. The van der Waals surface area contributed by atoms with Crippen molar-refractivity contribution < 1.29 is 0 Å². The van der Waals surface area contributed by atoms with Gasteiger partial charge in [-0.05, 0) is 18.6 Å². The van der Waals surface area contributed by atoms with Gasteiger partial charge in [0, 0.05) is 16.9 Å². The third kappa shape index (κ3) is 3.45. The molecule has 3 N–H and O–H groups in total. The molecule has 0 atom stereocenters. The Kier molecular flexibility index (Phi) is 4.39. The lowest BCUT2D eigenvalue weighted by atomic mass is 10.2. The van der Waals surface area contributed by atoms with E-state index in [-0.39, 0.29) is 5.92 Å². The molecule has 0 aliphatic heterocycles. The second kappa shape index (κ2) is 6.04. The molecule has 0 amide bonds. The van der Waals surface area contributed by atoms with E-state index in [1.165, 1.54) is 10.5 Å². The average molecular weight is 274 g/mol. The molecule has 2 rings (SSSR count). The van der Waals surface area contributed by atoms with E-state index in [4.69, 9.17) is 5.84 Å². The van der Waals surface area contributed by atoms with Gasteiger partial charge < -0.3 is 5.43 Å². The van der Waals surface area contributed by atoms with Crippen molar-refractivity contribution in [3.8, 4) is 0 Å². The highest BCUT2D eigenvalue weighted by Crippen LogP contribution is 2.30. The number of hydrazine groups is 1. The van der Waals surface area contributed by atoms with Crippen LogP contribution in [0.3, 0.4) is 0 Å².